The van der Waals surface area contributed by atoms with Crippen LogP contribution in [0.25, 0.3) is 0 Å². The zero-order chi connectivity index (χ0) is 40.4. The van der Waals surface area contributed by atoms with E-state index in [4.69, 9.17) is 0 Å². The molecular weight excluding hydrogens is 712 g/mol. The van der Waals surface area contributed by atoms with E-state index >= 15 is 0 Å². The second-order valence-corrected chi connectivity index (χ2v) is 24.7. The van der Waals surface area contributed by atoms with Gasteiger partial charge in [0.25, 0.3) is 0 Å². The molecule has 0 rings (SSSR count). The lowest BCUT2D eigenvalue weighted by molar-refractivity contribution is 0.371. The summed E-state index contributed by atoms with van der Waals surface area (Å²) in [5, 5.41) is 0. The summed E-state index contributed by atoms with van der Waals surface area (Å²) >= 11 is 0. The van der Waals surface area contributed by atoms with E-state index in [1.807, 2.05) is 6.92 Å². The highest BCUT2D eigenvalue weighted by atomic mass is 32.3. The van der Waals surface area contributed by atoms with E-state index in [1.54, 1.807) is 0 Å². The molecule has 0 radical (unpaired) electrons. The average Bonchev–Trinajstić information content (AvgIpc) is 3.17. The molecule has 334 valence electrons. The lowest BCUT2D eigenvalue weighted by Crippen LogP contribution is -2.25. The van der Waals surface area contributed by atoms with Crippen LogP contribution in [0.3, 0.4) is 0 Å². The fraction of sp³-hybridized carbons (Fsp3) is 1.00. The van der Waals surface area contributed by atoms with Crippen molar-refractivity contribution in [2.24, 2.45) is 0 Å². The van der Waals surface area contributed by atoms with Crippen molar-refractivity contribution < 1.29 is 14.4 Å². The van der Waals surface area contributed by atoms with Crippen LogP contribution >= 0.6 is 17.6 Å². The largest absolute Gasteiger partial charge is 0.336 e. The van der Waals surface area contributed by atoms with Crippen molar-refractivity contribution in [1.82, 2.24) is 0 Å². The minimum atomic E-state index is -4.11. The van der Waals surface area contributed by atoms with E-state index in [9.17, 15) is 14.4 Å². The highest BCUT2D eigenvalue weighted by Crippen LogP contribution is 2.66. The van der Waals surface area contributed by atoms with Crippen LogP contribution < -0.4 is 0 Å². The molecule has 3 nitrogen and oxygen atoms in total. The summed E-state index contributed by atoms with van der Waals surface area (Å²) in [5.74, 6) is 3.27. The van der Waals surface area contributed by atoms with Crippen molar-refractivity contribution in [2.75, 3.05) is 17.3 Å². The molecule has 1 atom stereocenters. The monoisotopic (exact) mass is 817 g/mol. The topological polar surface area (TPSA) is 57.5 Å². The second-order valence-electron chi connectivity index (χ2n) is 18.2. The molecule has 0 bridgehead atoms. The summed E-state index contributed by atoms with van der Waals surface area (Å²) in [7, 11) is -5.45. The average molecular weight is 817 g/mol. The van der Waals surface area contributed by atoms with Gasteiger partial charge in [0.2, 0.25) is 0 Å². The Bertz CT molecular complexity index is 706. The summed E-state index contributed by atoms with van der Waals surface area (Å²) in [5.41, 5.74) is 0. The smallest absolute Gasteiger partial charge is 0.324 e. The Morgan fingerprint density at radius 1 is 0.309 bits per heavy atom. The van der Waals surface area contributed by atoms with Gasteiger partial charge >= 0.3 is 7.60 Å². The first-order chi connectivity index (χ1) is 26.8. The van der Waals surface area contributed by atoms with Crippen molar-refractivity contribution in [1.29, 1.82) is 0 Å². The Labute approximate surface area is 350 Å². The standard InChI is InChI=1S/C50H105O3PS/c1-5-8-11-14-17-20-23-26-29-32-35-38-41-44-47-55(50(4)54(51,52)53,48-45-42-39-36-33-30-27-24-21-18-15-12-9-6-2)49-46-43-40-37-34-31-28-25-22-19-16-13-10-7-3/h50H,5-49H2,1-4H3,(H2,51,52,53). The van der Waals surface area contributed by atoms with Gasteiger partial charge in [-0.15, -0.1) is 0 Å². The zero-order valence-corrected chi connectivity index (χ0v) is 40.3. The Kier molecular flexibility index (Phi) is 43.0. The molecule has 0 saturated carbocycles. The summed E-state index contributed by atoms with van der Waals surface area (Å²) in [6.07, 6.45) is 57.2. The van der Waals surface area contributed by atoms with E-state index in [-0.39, 0.29) is 0 Å². The fourth-order valence-corrected chi connectivity index (χ4v) is 16.1. The van der Waals surface area contributed by atoms with Crippen LogP contribution in [0.2, 0.25) is 0 Å². The molecular formula is C50H105O3PS. The first-order valence-electron chi connectivity index (χ1n) is 25.6. The van der Waals surface area contributed by atoms with Crippen LogP contribution in [0, 0.1) is 0 Å². The third kappa shape index (κ3) is 37.3. The third-order valence-electron chi connectivity index (χ3n) is 12.9. The highest BCUT2D eigenvalue weighted by molar-refractivity contribution is 8.36. The summed E-state index contributed by atoms with van der Waals surface area (Å²) in [6, 6.07) is 0. The van der Waals surface area contributed by atoms with Gasteiger partial charge in [-0.05, 0) is 43.4 Å². The van der Waals surface area contributed by atoms with Crippen LogP contribution in [0.15, 0.2) is 0 Å². The molecule has 0 saturated heterocycles. The van der Waals surface area contributed by atoms with Gasteiger partial charge in [-0.25, -0.2) is 10.0 Å². The molecule has 0 aliphatic carbocycles. The van der Waals surface area contributed by atoms with Gasteiger partial charge in [-0.1, -0.05) is 271 Å². The molecule has 2 N–H and O–H groups in total. The minimum absolute atomic E-state index is 0.439. The molecule has 1 unspecified atom stereocenters. The summed E-state index contributed by atoms with van der Waals surface area (Å²) in [4.78, 5) is 20.8. The summed E-state index contributed by atoms with van der Waals surface area (Å²) < 4.78 is 12.9. The molecule has 0 aromatic rings. The number of rotatable bonds is 47. The van der Waals surface area contributed by atoms with E-state index in [2.05, 4.69) is 20.8 Å². The van der Waals surface area contributed by atoms with Crippen molar-refractivity contribution >= 4 is 17.6 Å². The molecule has 0 fully saturated rings. The quantitative estimate of drug-likeness (QED) is 0.0475. The fourth-order valence-electron chi connectivity index (χ4n) is 8.86. The lowest BCUT2D eigenvalue weighted by Gasteiger charge is -2.46. The van der Waals surface area contributed by atoms with Gasteiger partial charge in [0, 0.05) is 0 Å². The molecule has 0 amide bonds. The minimum Gasteiger partial charge on any atom is -0.324 e. The molecule has 0 spiro atoms. The van der Waals surface area contributed by atoms with E-state index in [1.165, 1.54) is 270 Å². The SMILES string of the molecule is CCCCCCCCCCCCCCCCS(CCCCCCCCCCCCCCCC)(CCCCCCCCCCCCCCCC)C(C)P(=O)(O)O. The van der Waals surface area contributed by atoms with Crippen LogP contribution in [0.4, 0.5) is 0 Å². The maximum atomic E-state index is 12.9. The Morgan fingerprint density at radius 3 is 0.600 bits per heavy atom. The van der Waals surface area contributed by atoms with Crippen LogP contribution in [-0.2, 0) is 4.57 Å². The van der Waals surface area contributed by atoms with Crippen LogP contribution in [0.5, 0.6) is 0 Å². The van der Waals surface area contributed by atoms with Crippen molar-refractivity contribution in [3.05, 3.63) is 0 Å². The predicted molar refractivity (Wildman–Crippen MR) is 255 cm³/mol. The normalized spacial score (nSPS) is 13.2. The molecule has 5 heteroatoms. The van der Waals surface area contributed by atoms with Crippen molar-refractivity contribution in [3.8, 4) is 0 Å². The van der Waals surface area contributed by atoms with Gasteiger partial charge in [0.15, 0.2) is 0 Å². The van der Waals surface area contributed by atoms with E-state index in [0.717, 1.165) is 17.3 Å². The van der Waals surface area contributed by atoms with Gasteiger partial charge in [-0.3, -0.25) is 4.57 Å². The van der Waals surface area contributed by atoms with E-state index in [0.29, 0.717) is 0 Å². The van der Waals surface area contributed by atoms with Gasteiger partial charge in [0.1, 0.15) is 0 Å². The second kappa shape index (κ2) is 42.6. The van der Waals surface area contributed by atoms with Crippen molar-refractivity contribution in [2.45, 2.75) is 302 Å². The Morgan fingerprint density at radius 2 is 0.455 bits per heavy atom. The molecule has 0 aromatic carbocycles. The third-order valence-corrected chi connectivity index (χ3v) is 20.8. The van der Waals surface area contributed by atoms with Crippen LogP contribution in [0.1, 0.15) is 297 Å². The molecule has 0 aliphatic rings. The molecule has 55 heavy (non-hydrogen) atoms. The molecule has 0 aliphatic heterocycles. The van der Waals surface area contributed by atoms with E-state index < -0.39 is 22.6 Å². The first-order valence-corrected chi connectivity index (χ1v) is 29.5. The predicted octanol–water partition coefficient (Wildman–Crippen LogP) is 18.8. The maximum absolute atomic E-state index is 12.9. The van der Waals surface area contributed by atoms with Gasteiger partial charge in [0.05, 0.1) is 4.99 Å². The maximum Gasteiger partial charge on any atom is 0.336 e. The highest BCUT2D eigenvalue weighted by Gasteiger charge is 2.39. The van der Waals surface area contributed by atoms with Gasteiger partial charge < -0.3 is 9.79 Å². The Hall–Kier alpha value is 0.500. The number of hydrogen-bond donors (Lipinski definition) is 2. The molecule has 0 aromatic heterocycles. The summed E-state index contributed by atoms with van der Waals surface area (Å²) in [6.45, 7) is 8.84. The lowest BCUT2D eigenvalue weighted by atomic mass is 10.0. The first kappa shape index (κ1) is 55.5. The van der Waals surface area contributed by atoms with Crippen molar-refractivity contribution in [3.63, 3.8) is 0 Å². The molecule has 0 heterocycles. The zero-order valence-electron chi connectivity index (χ0n) is 38.6. The van der Waals surface area contributed by atoms with Crippen LogP contribution in [-0.4, -0.2) is 32.0 Å². The number of unbranched alkanes of at least 4 members (excludes halogenated alkanes) is 39. The number of hydrogen-bond acceptors (Lipinski definition) is 1. The van der Waals surface area contributed by atoms with Gasteiger partial charge in [-0.2, -0.15) is 0 Å². The Balaban J connectivity index is 4.71.